The summed E-state index contributed by atoms with van der Waals surface area (Å²) >= 11 is 0. The fourth-order valence-electron chi connectivity index (χ4n) is 2.91. The fourth-order valence-corrected chi connectivity index (χ4v) is 2.91. The number of carbonyl (C=O) groups excluding carboxylic acids is 1. The van der Waals surface area contributed by atoms with Gasteiger partial charge in [-0.3, -0.25) is 9.78 Å². The number of anilines is 1. The lowest BCUT2D eigenvalue weighted by molar-refractivity contribution is -0.125. The molecule has 1 aliphatic heterocycles. The Labute approximate surface area is 148 Å². The Morgan fingerprint density at radius 2 is 2.16 bits per heavy atom. The van der Waals surface area contributed by atoms with Crippen LogP contribution in [0, 0.1) is 5.92 Å². The van der Waals surface area contributed by atoms with Crippen molar-refractivity contribution in [1.29, 1.82) is 0 Å². The lowest BCUT2D eigenvalue weighted by atomic mass is 10.1. The van der Waals surface area contributed by atoms with Crippen LogP contribution >= 0.6 is 0 Å². The summed E-state index contributed by atoms with van der Waals surface area (Å²) in [7, 11) is 2.02. The molecule has 0 aliphatic carbocycles. The van der Waals surface area contributed by atoms with Crippen LogP contribution in [0.1, 0.15) is 17.7 Å². The number of hydrogen-bond acceptors (Lipinski definition) is 5. The molecule has 6 nitrogen and oxygen atoms in total. The summed E-state index contributed by atoms with van der Waals surface area (Å²) in [6.45, 7) is 2.49. The minimum absolute atomic E-state index is 0.0259. The SMILES string of the molecule is CN(CCc1ccccn1)c1ncccc1CNC(=O)C1CCOC1. The van der Waals surface area contributed by atoms with Gasteiger partial charge in [0.1, 0.15) is 5.82 Å². The van der Waals surface area contributed by atoms with Crippen LogP contribution in [0.25, 0.3) is 0 Å². The second-order valence-electron chi connectivity index (χ2n) is 6.26. The molecule has 2 aromatic rings. The van der Waals surface area contributed by atoms with E-state index in [0.29, 0.717) is 19.8 Å². The maximum atomic E-state index is 12.2. The van der Waals surface area contributed by atoms with Crippen molar-refractivity contribution in [2.24, 2.45) is 5.92 Å². The lowest BCUT2D eigenvalue weighted by Crippen LogP contribution is -2.31. The van der Waals surface area contributed by atoms with Crippen molar-refractivity contribution in [3.05, 3.63) is 54.0 Å². The highest BCUT2D eigenvalue weighted by Gasteiger charge is 2.23. The maximum Gasteiger partial charge on any atom is 0.225 e. The molecule has 1 atom stereocenters. The van der Waals surface area contributed by atoms with Crippen molar-refractivity contribution >= 4 is 11.7 Å². The predicted octanol–water partition coefficient (Wildman–Crippen LogP) is 1.81. The molecule has 1 saturated heterocycles. The van der Waals surface area contributed by atoms with E-state index in [9.17, 15) is 4.79 Å². The monoisotopic (exact) mass is 340 g/mol. The first-order valence-corrected chi connectivity index (χ1v) is 8.64. The molecule has 2 aromatic heterocycles. The number of hydrogen-bond donors (Lipinski definition) is 1. The Morgan fingerprint density at radius 3 is 2.92 bits per heavy atom. The maximum absolute atomic E-state index is 12.2. The van der Waals surface area contributed by atoms with Crippen molar-refractivity contribution in [1.82, 2.24) is 15.3 Å². The molecule has 6 heteroatoms. The van der Waals surface area contributed by atoms with Gasteiger partial charge in [0, 0.05) is 56.8 Å². The van der Waals surface area contributed by atoms with Gasteiger partial charge in [-0.05, 0) is 24.6 Å². The number of amides is 1. The summed E-state index contributed by atoms with van der Waals surface area (Å²) in [6.07, 6.45) is 5.24. The molecule has 1 unspecified atom stereocenters. The van der Waals surface area contributed by atoms with Crippen LogP contribution in [0.5, 0.6) is 0 Å². The average Bonchev–Trinajstić information content (AvgIpc) is 3.20. The third kappa shape index (κ3) is 4.76. The number of rotatable bonds is 7. The average molecular weight is 340 g/mol. The van der Waals surface area contributed by atoms with E-state index in [0.717, 1.165) is 36.5 Å². The van der Waals surface area contributed by atoms with Crippen molar-refractivity contribution in [2.45, 2.75) is 19.4 Å². The zero-order valence-electron chi connectivity index (χ0n) is 14.5. The topological polar surface area (TPSA) is 67.4 Å². The third-order valence-electron chi connectivity index (χ3n) is 4.41. The highest BCUT2D eigenvalue weighted by atomic mass is 16.5. The highest BCUT2D eigenvalue weighted by Crippen LogP contribution is 2.17. The second-order valence-corrected chi connectivity index (χ2v) is 6.26. The van der Waals surface area contributed by atoms with Gasteiger partial charge in [0.25, 0.3) is 0 Å². The van der Waals surface area contributed by atoms with Gasteiger partial charge in [0.05, 0.1) is 12.5 Å². The van der Waals surface area contributed by atoms with Gasteiger partial charge in [-0.2, -0.15) is 0 Å². The number of nitrogens with one attached hydrogen (secondary N) is 1. The summed E-state index contributed by atoms with van der Waals surface area (Å²) in [4.78, 5) is 23.1. The van der Waals surface area contributed by atoms with Gasteiger partial charge >= 0.3 is 0 Å². The normalized spacial score (nSPS) is 16.6. The quantitative estimate of drug-likeness (QED) is 0.833. The molecule has 3 heterocycles. The number of pyridine rings is 2. The largest absolute Gasteiger partial charge is 0.381 e. The van der Waals surface area contributed by atoms with E-state index in [-0.39, 0.29) is 11.8 Å². The van der Waals surface area contributed by atoms with Crippen LogP contribution in [0.3, 0.4) is 0 Å². The summed E-state index contributed by atoms with van der Waals surface area (Å²) < 4.78 is 5.28. The van der Waals surface area contributed by atoms with Gasteiger partial charge in [-0.15, -0.1) is 0 Å². The Morgan fingerprint density at radius 1 is 1.28 bits per heavy atom. The van der Waals surface area contributed by atoms with E-state index in [2.05, 4.69) is 20.2 Å². The summed E-state index contributed by atoms with van der Waals surface area (Å²) in [5.74, 6) is 0.923. The van der Waals surface area contributed by atoms with E-state index in [1.807, 2.05) is 43.6 Å². The third-order valence-corrected chi connectivity index (χ3v) is 4.41. The zero-order valence-corrected chi connectivity index (χ0v) is 14.5. The van der Waals surface area contributed by atoms with Crippen molar-refractivity contribution in [3.8, 4) is 0 Å². The highest BCUT2D eigenvalue weighted by molar-refractivity contribution is 5.79. The molecule has 1 amide bonds. The van der Waals surface area contributed by atoms with Crippen LogP contribution in [-0.2, 0) is 22.5 Å². The molecule has 0 radical (unpaired) electrons. The molecule has 1 aliphatic rings. The molecular weight excluding hydrogens is 316 g/mol. The minimum atomic E-state index is -0.0259. The number of ether oxygens (including phenoxy) is 1. The molecule has 1 fully saturated rings. The lowest BCUT2D eigenvalue weighted by Gasteiger charge is -2.21. The van der Waals surface area contributed by atoms with Gasteiger partial charge in [0.15, 0.2) is 0 Å². The van der Waals surface area contributed by atoms with Gasteiger partial charge < -0.3 is 15.0 Å². The Hall–Kier alpha value is -2.47. The van der Waals surface area contributed by atoms with E-state index in [1.165, 1.54) is 0 Å². The summed E-state index contributed by atoms with van der Waals surface area (Å²) in [5.41, 5.74) is 2.07. The molecule has 0 spiro atoms. The Balaban J connectivity index is 1.58. The van der Waals surface area contributed by atoms with E-state index in [4.69, 9.17) is 4.74 Å². The molecule has 0 bridgehead atoms. The van der Waals surface area contributed by atoms with Crippen molar-refractivity contribution in [3.63, 3.8) is 0 Å². The fraction of sp³-hybridized carbons (Fsp3) is 0.421. The first-order valence-electron chi connectivity index (χ1n) is 8.64. The number of likely N-dealkylation sites (N-methyl/N-ethyl adjacent to an activating group) is 1. The molecule has 0 aromatic carbocycles. The van der Waals surface area contributed by atoms with E-state index >= 15 is 0 Å². The minimum Gasteiger partial charge on any atom is -0.381 e. The smallest absolute Gasteiger partial charge is 0.225 e. The first kappa shape index (κ1) is 17.4. The number of aromatic nitrogens is 2. The number of nitrogens with zero attached hydrogens (tertiary/aromatic N) is 3. The summed E-state index contributed by atoms with van der Waals surface area (Å²) in [6, 6.07) is 9.84. The Bertz CT molecular complexity index is 687. The van der Waals surface area contributed by atoms with Crippen LogP contribution in [0.2, 0.25) is 0 Å². The van der Waals surface area contributed by atoms with Crippen LogP contribution in [0.4, 0.5) is 5.82 Å². The molecule has 1 N–H and O–H groups in total. The standard InChI is InChI=1S/C19H24N4O2/c1-23(11-7-17-6-2-3-9-20-17)18-15(5-4-10-21-18)13-22-19(24)16-8-12-25-14-16/h2-6,9-10,16H,7-8,11-14H2,1H3,(H,22,24). The van der Waals surface area contributed by atoms with Gasteiger partial charge in [-0.25, -0.2) is 4.98 Å². The predicted molar refractivity (Wildman–Crippen MR) is 96.2 cm³/mol. The van der Waals surface area contributed by atoms with Crippen LogP contribution < -0.4 is 10.2 Å². The molecule has 0 saturated carbocycles. The second kappa shape index (κ2) is 8.58. The van der Waals surface area contributed by atoms with E-state index in [1.54, 1.807) is 6.20 Å². The molecule has 3 rings (SSSR count). The van der Waals surface area contributed by atoms with Crippen molar-refractivity contribution in [2.75, 3.05) is 31.7 Å². The van der Waals surface area contributed by atoms with Crippen LogP contribution in [0.15, 0.2) is 42.7 Å². The van der Waals surface area contributed by atoms with E-state index < -0.39 is 0 Å². The molecule has 25 heavy (non-hydrogen) atoms. The Kier molecular flexibility index (Phi) is 5.95. The van der Waals surface area contributed by atoms with Crippen molar-refractivity contribution < 1.29 is 9.53 Å². The zero-order chi connectivity index (χ0) is 17.5. The van der Waals surface area contributed by atoms with Crippen LogP contribution in [-0.4, -0.2) is 42.7 Å². The molecular formula is C19H24N4O2. The van der Waals surface area contributed by atoms with Gasteiger partial charge in [0.2, 0.25) is 5.91 Å². The number of carbonyl (C=O) groups is 1. The first-order chi connectivity index (χ1) is 12.2. The van der Waals surface area contributed by atoms with Gasteiger partial charge in [-0.1, -0.05) is 12.1 Å². The summed E-state index contributed by atoms with van der Waals surface area (Å²) in [5, 5.41) is 3.01. The molecule has 132 valence electrons.